The number of carbonyl (C=O) groups is 1. The van der Waals surface area contributed by atoms with Gasteiger partial charge in [0.25, 0.3) is 5.69 Å². The molecule has 8 heteroatoms. The number of rotatable bonds is 7. The van der Waals surface area contributed by atoms with E-state index in [0.29, 0.717) is 18.7 Å². The van der Waals surface area contributed by atoms with Crippen molar-refractivity contribution in [2.24, 2.45) is 0 Å². The van der Waals surface area contributed by atoms with Gasteiger partial charge >= 0.3 is 5.97 Å². The van der Waals surface area contributed by atoms with E-state index in [2.05, 4.69) is 10.4 Å². The summed E-state index contributed by atoms with van der Waals surface area (Å²) in [4.78, 5) is 21.4. The molecule has 1 aromatic carbocycles. The van der Waals surface area contributed by atoms with Crippen LogP contribution in [-0.2, 0) is 13.1 Å². The van der Waals surface area contributed by atoms with E-state index in [9.17, 15) is 14.9 Å². The zero-order valence-electron chi connectivity index (χ0n) is 11.1. The Bertz CT molecular complexity index is 640. The molecule has 1 heterocycles. The lowest BCUT2D eigenvalue weighted by atomic mass is 10.1. The molecule has 0 aliphatic carbocycles. The standard InChI is InChI=1S/C13H14N4O4/c18-13(19)12-10(3-1-4-11(12)17(20)21)9-14-6-8-16-7-2-5-15-16/h1-5,7,14H,6,8-9H2,(H,18,19). The molecule has 0 spiro atoms. The van der Waals surface area contributed by atoms with E-state index in [1.807, 2.05) is 12.3 Å². The summed E-state index contributed by atoms with van der Waals surface area (Å²) in [5, 5.41) is 27.1. The first kappa shape index (κ1) is 14.7. The summed E-state index contributed by atoms with van der Waals surface area (Å²) in [6.45, 7) is 1.44. The summed E-state index contributed by atoms with van der Waals surface area (Å²) in [6, 6.07) is 6.05. The fraction of sp³-hybridized carbons (Fsp3) is 0.231. The van der Waals surface area contributed by atoms with Crippen molar-refractivity contribution in [3.8, 4) is 0 Å². The van der Waals surface area contributed by atoms with Crippen molar-refractivity contribution in [1.82, 2.24) is 15.1 Å². The lowest BCUT2D eigenvalue weighted by molar-refractivity contribution is -0.385. The molecule has 8 nitrogen and oxygen atoms in total. The summed E-state index contributed by atoms with van der Waals surface area (Å²) in [7, 11) is 0. The first-order valence-electron chi connectivity index (χ1n) is 6.27. The minimum Gasteiger partial charge on any atom is -0.477 e. The van der Waals surface area contributed by atoms with Crippen LogP contribution < -0.4 is 5.32 Å². The summed E-state index contributed by atoms with van der Waals surface area (Å²) in [5.74, 6) is -1.30. The Kier molecular flexibility index (Phi) is 4.62. The number of hydrogen-bond acceptors (Lipinski definition) is 5. The lowest BCUT2D eigenvalue weighted by Crippen LogP contribution is -2.21. The number of nitro groups is 1. The van der Waals surface area contributed by atoms with Crippen LogP contribution in [0, 0.1) is 10.1 Å². The Hall–Kier alpha value is -2.74. The molecule has 0 unspecified atom stereocenters. The number of nitro benzene ring substituents is 1. The number of carboxylic acids is 1. The van der Waals surface area contributed by atoms with Crippen LogP contribution in [0.5, 0.6) is 0 Å². The van der Waals surface area contributed by atoms with Gasteiger partial charge in [-0.1, -0.05) is 12.1 Å². The highest BCUT2D eigenvalue weighted by molar-refractivity contribution is 5.94. The fourth-order valence-electron chi connectivity index (χ4n) is 1.98. The van der Waals surface area contributed by atoms with Crippen molar-refractivity contribution >= 4 is 11.7 Å². The Morgan fingerprint density at radius 2 is 2.24 bits per heavy atom. The van der Waals surface area contributed by atoms with Gasteiger partial charge in [0.2, 0.25) is 0 Å². The summed E-state index contributed by atoms with van der Waals surface area (Å²) in [5.41, 5.74) is -0.278. The van der Waals surface area contributed by atoms with Crippen molar-refractivity contribution in [1.29, 1.82) is 0 Å². The number of nitrogens with one attached hydrogen (secondary N) is 1. The molecule has 110 valence electrons. The van der Waals surface area contributed by atoms with Crippen molar-refractivity contribution in [2.75, 3.05) is 6.54 Å². The van der Waals surface area contributed by atoms with Crippen LogP contribution in [0.15, 0.2) is 36.7 Å². The van der Waals surface area contributed by atoms with Crippen molar-refractivity contribution in [3.63, 3.8) is 0 Å². The summed E-state index contributed by atoms with van der Waals surface area (Å²) < 4.78 is 1.73. The highest BCUT2D eigenvalue weighted by atomic mass is 16.6. The molecule has 0 aliphatic rings. The third-order valence-corrected chi connectivity index (χ3v) is 2.93. The Morgan fingerprint density at radius 3 is 2.86 bits per heavy atom. The van der Waals surface area contributed by atoms with Crippen molar-refractivity contribution in [2.45, 2.75) is 13.1 Å². The molecule has 0 bridgehead atoms. The molecule has 0 radical (unpaired) electrons. The number of benzene rings is 1. The van der Waals surface area contributed by atoms with Crippen LogP contribution in [0.4, 0.5) is 5.69 Å². The highest BCUT2D eigenvalue weighted by Crippen LogP contribution is 2.22. The normalized spacial score (nSPS) is 10.5. The van der Waals surface area contributed by atoms with Crippen molar-refractivity contribution in [3.05, 3.63) is 57.9 Å². The van der Waals surface area contributed by atoms with E-state index >= 15 is 0 Å². The van der Waals surface area contributed by atoms with Gasteiger partial charge in [-0.05, 0) is 11.6 Å². The SMILES string of the molecule is O=C(O)c1c(CNCCn2cccn2)cccc1[N+](=O)[O-]. The second kappa shape index (κ2) is 6.62. The Labute approximate surface area is 120 Å². The first-order chi connectivity index (χ1) is 10.1. The Morgan fingerprint density at radius 1 is 1.43 bits per heavy atom. The van der Waals surface area contributed by atoms with Crippen LogP contribution in [0.2, 0.25) is 0 Å². The fourth-order valence-corrected chi connectivity index (χ4v) is 1.98. The van der Waals surface area contributed by atoms with E-state index in [1.165, 1.54) is 12.1 Å². The largest absolute Gasteiger partial charge is 0.477 e. The van der Waals surface area contributed by atoms with E-state index in [1.54, 1.807) is 16.9 Å². The van der Waals surface area contributed by atoms with Crippen LogP contribution in [0.25, 0.3) is 0 Å². The second-order valence-corrected chi connectivity index (χ2v) is 4.32. The molecule has 0 fully saturated rings. The van der Waals surface area contributed by atoms with E-state index < -0.39 is 16.6 Å². The molecule has 2 N–H and O–H groups in total. The van der Waals surface area contributed by atoms with E-state index in [0.717, 1.165) is 0 Å². The van der Waals surface area contributed by atoms with Crippen molar-refractivity contribution < 1.29 is 14.8 Å². The van der Waals surface area contributed by atoms with E-state index in [4.69, 9.17) is 5.11 Å². The molecular weight excluding hydrogens is 276 g/mol. The topological polar surface area (TPSA) is 110 Å². The maximum Gasteiger partial charge on any atom is 0.343 e. The molecule has 2 aromatic rings. The third-order valence-electron chi connectivity index (χ3n) is 2.93. The average Bonchev–Trinajstić information content (AvgIpc) is 2.96. The van der Waals surface area contributed by atoms with Gasteiger partial charge in [-0.25, -0.2) is 4.79 Å². The maximum absolute atomic E-state index is 11.2. The van der Waals surface area contributed by atoms with Crippen LogP contribution in [0.3, 0.4) is 0 Å². The average molecular weight is 290 g/mol. The first-order valence-corrected chi connectivity index (χ1v) is 6.27. The van der Waals surface area contributed by atoms with Gasteiger partial charge in [0.1, 0.15) is 5.56 Å². The number of aromatic nitrogens is 2. The van der Waals surface area contributed by atoms with Crippen LogP contribution in [-0.4, -0.2) is 32.3 Å². The molecule has 21 heavy (non-hydrogen) atoms. The van der Waals surface area contributed by atoms with Gasteiger partial charge in [-0.3, -0.25) is 14.8 Å². The number of aromatic carboxylic acids is 1. The quantitative estimate of drug-likeness (QED) is 0.451. The van der Waals surface area contributed by atoms with Gasteiger partial charge in [0.15, 0.2) is 0 Å². The van der Waals surface area contributed by atoms with E-state index in [-0.39, 0.29) is 12.1 Å². The van der Waals surface area contributed by atoms with Gasteiger partial charge in [-0.15, -0.1) is 0 Å². The van der Waals surface area contributed by atoms with Crippen LogP contribution in [0.1, 0.15) is 15.9 Å². The van der Waals surface area contributed by atoms with Gasteiger partial charge in [-0.2, -0.15) is 5.10 Å². The lowest BCUT2D eigenvalue weighted by Gasteiger charge is -2.08. The molecular formula is C13H14N4O4. The Balaban J connectivity index is 2.04. The number of carboxylic acid groups (broad SMARTS) is 1. The monoisotopic (exact) mass is 290 g/mol. The van der Waals surface area contributed by atoms with Gasteiger partial charge in [0, 0.05) is 31.5 Å². The van der Waals surface area contributed by atoms with Gasteiger partial charge in [0.05, 0.1) is 11.5 Å². The smallest absolute Gasteiger partial charge is 0.343 e. The number of hydrogen-bond donors (Lipinski definition) is 2. The minimum atomic E-state index is -1.30. The van der Waals surface area contributed by atoms with Gasteiger partial charge < -0.3 is 10.4 Å². The zero-order valence-corrected chi connectivity index (χ0v) is 11.1. The predicted octanol–water partition coefficient (Wildman–Crippen LogP) is 1.28. The summed E-state index contributed by atoms with van der Waals surface area (Å²) in [6.07, 6.45) is 3.49. The molecule has 1 aromatic heterocycles. The summed E-state index contributed by atoms with van der Waals surface area (Å²) >= 11 is 0. The highest BCUT2D eigenvalue weighted by Gasteiger charge is 2.22. The molecule has 2 rings (SSSR count). The molecule has 0 saturated heterocycles. The molecule has 0 amide bonds. The third kappa shape index (κ3) is 3.63. The maximum atomic E-state index is 11.2. The number of nitrogens with zero attached hydrogens (tertiary/aromatic N) is 3. The second-order valence-electron chi connectivity index (χ2n) is 4.32. The molecule has 0 aliphatic heterocycles. The molecule has 0 saturated carbocycles. The zero-order chi connectivity index (χ0) is 15.2. The minimum absolute atomic E-state index is 0.241. The van der Waals surface area contributed by atoms with Crippen LogP contribution >= 0.6 is 0 Å². The predicted molar refractivity (Wildman–Crippen MR) is 74.0 cm³/mol. The molecule has 0 atom stereocenters.